The van der Waals surface area contributed by atoms with Crippen LogP contribution >= 0.6 is 0 Å². The smallest absolute Gasteiger partial charge is 0.261 e. The number of fused-ring (bicyclic) bond motifs is 1. The average Bonchev–Trinajstić information content (AvgIpc) is 3.40. The Bertz CT molecular complexity index is 1680. The van der Waals surface area contributed by atoms with Gasteiger partial charge < -0.3 is 30.2 Å². The molecule has 1 aliphatic heterocycles. The topological polar surface area (TPSA) is 116 Å². The molecular weight excluding hydrogens is 534 g/mol. The van der Waals surface area contributed by atoms with Gasteiger partial charge in [0, 0.05) is 11.4 Å². The molecule has 3 N–H and O–H groups in total. The molecule has 1 unspecified atom stereocenters. The third-order valence-corrected chi connectivity index (χ3v) is 6.95. The SMILES string of the molecule is CCOc1ccc(C2C(C(=O)Nc3ccccc3OC)=C(C)Nc3c(C(=O)Nc4cccc(C)c4)cnn32)cc1OC. The number of hydrogen-bond acceptors (Lipinski definition) is 7. The Hall–Kier alpha value is -5.25. The maximum absolute atomic E-state index is 13.9. The fourth-order valence-electron chi connectivity index (χ4n) is 5.01. The number of rotatable bonds is 9. The van der Waals surface area contributed by atoms with Crippen molar-refractivity contribution >= 4 is 29.0 Å². The van der Waals surface area contributed by atoms with Crippen LogP contribution in [0.15, 0.2) is 84.2 Å². The molecule has 0 spiro atoms. The summed E-state index contributed by atoms with van der Waals surface area (Å²) in [7, 11) is 3.11. The lowest BCUT2D eigenvalue weighted by Gasteiger charge is -2.30. The fraction of sp³-hybridized carbons (Fsp3) is 0.219. The second-order valence-corrected chi connectivity index (χ2v) is 9.74. The van der Waals surface area contributed by atoms with Crippen LogP contribution in [0.3, 0.4) is 0 Å². The number of para-hydroxylation sites is 2. The van der Waals surface area contributed by atoms with E-state index in [2.05, 4.69) is 21.0 Å². The number of carbonyl (C=O) groups is 2. The van der Waals surface area contributed by atoms with Gasteiger partial charge in [0.1, 0.15) is 23.2 Å². The number of methoxy groups -OCH3 is 2. The summed E-state index contributed by atoms with van der Waals surface area (Å²) in [5.41, 5.74) is 4.26. The molecule has 1 aromatic heterocycles. The first-order valence-corrected chi connectivity index (χ1v) is 13.5. The number of amides is 2. The zero-order valence-electron chi connectivity index (χ0n) is 24.1. The molecule has 3 aromatic carbocycles. The zero-order valence-corrected chi connectivity index (χ0v) is 24.1. The normalized spacial score (nSPS) is 14.0. The molecule has 1 atom stereocenters. The molecule has 0 fully saturated rings. The van der Waals surface area contributed by atoms with Crippen molar-refractivity contribution in [1.29, 1.82) is 0 Å². The molecule has 0 saturated heterocycles. The van der Waals surface area contributed by atoms with E-state index in [1.54, 1.807) is 44.0 Å². The van der Waals surface area contributed by atoms with Crippen molar-refractivity contribution in [1.82, 2.24) is 9.78 Å². The molecule has 0 aliphatic carbocycles. The van der Waals surface area contributed by atoms with Gasteiger partial charge in [-0.3, -0.25) is 9.59 Å². The maximum Gasteiger partial charge on any atom is 0.261 e. The van der Waals surface area contributed by atoms with Gasteiger partial charge >= 0.3 is 0 Å². The van der Waals surface area contributed by atoms with E-state index in [1.165, 1.54) is 6.20 Å². The molecule has 42 heavy (non-hydrogen) atoms. The molecule has 4 aromatic rings. The number of benzene rings is 3. The van der Waals surface area contributed by atoms with Crippen molar-refractivity contribution in [3.05, 3.63) is 101 Å². The molecule has 0 radical (unpaired) electrons. The summed E-state index contributed by atoms with van der Waals surface area (Å²) in [5.74, 6) is 1.41. The zero-order chi connectivity index (χ0) is 29.8. The first-order chi connectivity index (χ1) is 20.3. The predicted octanol–water partition coefficient (Wildman–Crippen LogP) is 5.79. The highest BCUT2D eigenvalue weighted by molar-refractivity contribution is 6.09. The van der Waals surface area contributed by atoms with Gasteiger partial charge in [0.15, 0.2) is 11.5 Å². The Kier molecular flexibility index (Phi) is 8.14. The van der Waals surface area contributed by atoms with Gasteiger partial charge in [0.25, 0.3) is 11.8 Å². The van der Waals surface area contributed by atoms with E-state index in [0.717, 1.165) is 11.1 Å². The number of nitrogens with one attached hydrogen (secondary N) is 3. The van der Waals surface area contributed by atoms with Crippen LogP contribution in [0.1, 0.15) is 41.4 Å². The number of carbonyl (C=O) groups excluding carboxylic acids is 2. The average molecular weight is 568 g/mol. The lowest BCUT2D eigenvalue weighted by molar-refractivity contribution is -0.113. The van der Waals surface area contributed by atoms with Gasteiger partial charge in [0.2, 0.25) is 0 Å². The van der Waals surface area contributed by atoms with Crippen molar-refractivity contribution in [3.8, 4) is 17.2 Å². The molecule has 0 saturated carbocycles. The third kappa shape index (κ3) is 5.51. The predicted molar refractivity (Wildman–Crippen MR) is 162 cm³/mol. The molecule has 1 aliphatic rings. The van der Waals surface area contributed by atoms with E-state index in [-0.39, 0.29) is 11.8 Å². The summed E-state index contributed by atoms with van der Waals surface area (Å²) in [6, 6.07) is 19.5. The van der Waals surface area contributed by atoms with Crippen molar-refractivity contribution in [2.24, 2.45) is 0 Å². The quantitative estimate of drug-likeness (QED) is 0.235. The van der Waals surface area contributed by atoms with Crippen molar-refractivity contribution in [2.45, 2.75) is 26.8 Å². The van der Waals surface area contributed by atoms with Crippen molar-refractivity contribution in [2.75, 3.05) is 36.8 Å². The van der Waals surface area contributed by atoms with E-state index in [0.29, 0.717) is 57.9 Å². The Morgan fingerprint density at radius 1 is 0.905 bits per heavy atom. The minimum Gasteiger partial charge on any atom is -0.495 e. The van der Waals surface area contributed by atoms with E-state index >= 15 is 0 Å². The number of aromatic nitrogens is 2. The lowest BCUT2D eigenvalue weighted by Crippen LogP contribution is -2.32. The lowest BCUT2D eigenvalue weighted by atomic mass is 9.94. The van der Waals surface area contributed by atoms with Gasteiger partial charge in [-0.25, -0.2) is 4.68 Å². The van der Waals surface area contributed by atoms with Crippen LogP contribution < -0.4 is 30.2 Å². The maximum atomic E-state index is 13.9. The van der Waals surface area contributed by atoms with Crippen LogP contribution in [0.4, 0.5) is 17.2 Å². The first-order valence-electron chi connectivity index (χ1n) is 13.5. The van der Waals surface area contributed by atoms with E-state index < -0.39 is 6.04 Å². The number of aryl methyl sites for hydroxylation is 1. The van der Waals surface area contributed by atoms with Crippen LogP contribution in [0, 0.1) is 6.92 Å². The van der Waals surface area contributed by atoms with Gasteiger partial charge in [0.05, 0.1) is 38.3 Å². The third-order valence-electron chi connectivity index (χ3n) is 6.95. The molecule has 10 heteroatoms. The number of hydrogen-bond donors (Lipinski definition) is 3. The minimum absolute atomic E-state index is 0.327. The van der Waals surface area contributed by atoms with Crippen LogP contribution in [0.5, 0.6) is 17.2 Å². The number of allylic oxidation sites excluding steroid dienone is 1. The first kappa shape index (κ1) is 28.3. The minimum atomic E-state index is -0.693. The largest absolute Gasteiger partial charge is 0.495 e. The fourth-order valence-corrected chi connectivity index (χ4v) is 5.01. The van der Waals surface area contributed by atoms with Gasteiger partial charge in [-0.2, -0.15) is 5.10 Å². The molecule has 10 nitrogen and oxygen atoms in total. The Morgan fingerprint density at radius 2 is 1.69 bits per heavy atom. The highest BCUT2D eigenvalue weighted by Gasteiger charge is 2.36. The Morgan fingerprint density at radius 3 is 2.43 bits per heavy atom. The van der Waals surface area contributed by atoms with Crippen LogP contribution in [-0.2, 0) is 4.79 Å². The van der Waals surface area contributed by atoms with Crippen LogP contribution in [0.2, 0.25) is 0 Å². The Balaban J connectivity index is 1.58. The van der Waals surface area contributed by atoms with Gasteiger partial charge in [-0.1, -0.05) is 30.3 Å². The monoisotopic (exact) mass is 567 g/mol. The summed E-state index contributed by atoms with van der Waals surface area (Å²) in [4.78, 5) is 27.3. The molecule has 2 amide bonds. The molecular formula is C32H33N5O5. The number of nitrogens with zero attached hydrogens (tertiary/aromatic N) is 2. The van der Waals surface area contributed by atoms with Crippen LogP contribution in [0.25, 0.3) is 0 Å². The molecule has 216 valence electrons. The second kappa shape index (κ2) is 12.1. The summed E-state index contributed by atoms with van der Waals surface area (Å²) in [5, 5.41) is 13.8. The standard InChI is InChI=1S/C32H33N5O5/c1-6-42-26-15-14-21(17-27(26)41-5)29-28(32(39)36-24-12-7-8-13-25(24)40-4)20(3)34-30-23(18-33-37(29)30)31(38)35-22-11-9-10-19(2)16-22/h7-18,29,34H,6H2,1-5H3,(H,35,38)(H,36,39). The molecule has 0 bridgehead atoms. The van der Waals surface area contributed by atoms with Gasteiger partial charge in [-0.05, 0) is 68.3 Å². The van der Waals surface area contributed by atoms with E-state index in [1.807, 2.05) is 62.4 Å². The summed E-state index contributed by atoms with van der Waals surface area (Å²) < 4.78 is 18.4. The summed E-state index contributed by atoms with van der Waals surface area (Å²) >= 11 is 0. The molecule has 5 rings (SSSR count). The van der Waals surface area contributed by atoms with Crippen molar-refractivity contribution in [3.63, 3.8) is 0 Å². The highest BCUT2D eigenvalue weighted by Crippen LogP contribution is 2.41. The highest BCUT2D eigenvalue weighted by atomic mass is 16.5. The van der Waals surface area contributed by atoms with E-state index in [4.69, 9.17) is 14.2 Å². The second-order valence-electron chi connectivity index (χ2n) is 9.74. The summed E-state index contributed by atoms with van der Waals surface area (Å²) in [6.45, 7) is 6.12. The Labute approximate surface area is 244 Å². The summed E-state index contributed by atoms with van der Waals surface area (Å²) in [6.07, 6.45) is 1.50. The number of ether oxygens (including phenoxy) is 3. The van der Waals surface area contributed by atoms with Gasteiger partial charge in [-0.15, -0.1) is 0 Å². The van der Waals surface area contributed by atoms with Crippen molar-refractivity contribution < 1.29 is 23.8 Å². The van der Waals surface area contributed by atoms with E-state index in [9.17, 15) is 9.59 Å². The van der Waals surface area contributed by atoms with Crippen LogP contribution in [-0.4, -0.2) is 42.4 Å². The molecule has 2 heterocycles. The number of anilines is 3.